The first-order valence-corrected chi connectivity index (χ1v) is 10.5. The van der Waals surface area contributed by atoms with Crippen molar-refractivity contribution in [2.45, 2.75) is 39.4 Å². The number of rotatable bonds is 6. The smallest absolute Gasteiger partial charge is 0.318 e. The van der Waals surface area contributed by atoms with Gasteiger partial charge in [0, 0.05) is 17.6 Å². The highest BCUT2D eigenvalue weighted by molar-refractivity contribution is 7.86. The van der Waals surface area contributed by atoms with Gasteiger partial charge < -0.3 is 14.4 Å². The van der Waals surface area contributed by atoms with E-state index in [-0.39, 0.29) is 30.7 Å². The molecular formula is C20H25FN2O4S. The average molecular weight is 408 g/mol. The zero-order valence-electron chi connectivity index (χ0n) is 16.4. The molecule has 28 heavy (non-hydrogen) atoms. The highest BCUT2D eigenvalue weighted by Gasteiger charge is 2.22. The van der Waals surface area contributed by atoms with E-state index in [1.165, 1.54) is 23.1 Å². The summed E-state index contributed by atoms with van der Waals surface area (Å²) in [6, 6.07) is 12.2. The summed E-state index contributed by atoms with van der Waals surface area (Å²) in [5.74, 6) is -0.195. The second kappa shape index (κ2) is 8.60. The molecule has 0 bridgehead atoms. The van der Waals surface area contributed by atoms with Gasteiger partial charge in [-0.25, -0.2) is 9.18 Å². The van der Waals surface area contributed by atoms with E-state index in [1.807, 2.05) is 20.8 Å². The molecule has 0 aliphatic rings. The minimum atomic E-state index is -3.71. The second-order valence-electron chi connectivity index (χ2n) is 7.56. The van der Waals surface area contributed by atoms with E-state index in [1.54, 1.807) is 30.3 Å². The molecule has 0 aliphatic carbocycles. The summed E-state index contributed by atoms with van der Waals surface area (Å²) in [6.45, 7) is 5.92. The number of urea groups is 1. The Balaban J connectivity index is 2.31. The van der Waals surface area contributed by atoms with Crippen LogP contribution in [-0.2, 0) is 23.2 Å². The maximum atomic E-state index is 13.2. The number of benzene rings is 2. The maximum Gasteiger partial charge on any atom is 0.318 e. The SMILES string of the molecule is CC(C)(C)NC(=O)N(Cc1ccc(F)cc1)Cc1ccccc1OS(C)(=O)=O. The molecule has 0 saturated carbocycles. The fourth-order valence-electron chi connectivity index (χ4n) is 2.49. The molecule has 0 aliphatic heterocycles. The molecule has 152 valence electrons. The van der Waals surface area contributed by atoms with Crippen LogP contribution in [0.5, 0.6) is 5.75 Å². The van der Waals surface area contributed by atoms with Gasteiger partial charge in [0.05, 0.1) is 12.8 Å². The molecule has 2 aromatic carbocycles. The van der Waals surface area contributed by atoms with Gasteiger partial charge in [-0.15, -0.1) is 0 Å². The first-order valence-electron chi connectivity index (χ1n) is 8.72. The lowest BCUT2D eigenvalue weighted by atomic mass is 10.1. The summed E-state index contributed by atoms with van der Waals surface area (Å²) < 4.78 is 41.3. The Bertz CT molecular complexity index is 922. The predicted molar refractivity (Wildman–Crippen MR) is 106 cm³/mol. The number of halogens is 1. The van der Waals surface area contributed by atoms with Gasteiger partial charge in [0.25, 0.3) is 0 Å². The molecule has 0 atom stereocenters. The van der Waals surface area contributed by atoms with E-state index in [4.69, 9.17) is 4.18 Å². The van der Waals surface area contributed by atoms with Crippen molar-refractivity contribution in [3.05, 3.63) is 65.5 Å². The Morgan fingerprint density at radius 2 is 1.68 bits per heavy atom. The Hall–Kier alpha value is -2.61. The van der Waals surface area contributed by atoms with Crippen molar-refractivity contribution in [1.82, 2.24) is 10.2 Å². The van der Waals surface area contributed by atoms with Gasteiger partial charge in [-0.3, -0.25) is 0 Å². The van der Waals surface area contributed by atoms with E-state index in [0.717, 1.165) is 11.8 Å². The second-order valence-corrected chi connectivity index (χ2v) is 9.13. The van der Waals surface area contributed by atoms with E-state index in [0.29, 0.717) is 5.56 Å². The number of para-hydroxylation sites is 1. The molecule has 1 N–H and O–H groups in total. The Morgan fingerprint density at radius 1 is 1.07 bits per heavy atom. The first-order chi connectivity index (χ1) is 12.9. The van der Waals surface area contributed by atoms with E-state index < -0.39 is 15.7 Å². The van der Waals surface area contributed by atoms with Crippen LogP contribution < -0.4 is 9.50 Å². The molecule has 0 aromatic heterocycles. The summed E-state index contributed by atoms with van der Waals surface area (Å²) in [5.41, 5.74) is 0.826. The summed E-state index contributed by atoms with van der Waals surface area (Å²) >= 11 is 0. The molecule has 0 unspecified atom stereocenters. The van der Waals surface area contributed by atoms with Crippen LogP contribution in [0.1, 0.15) is 31.9 Å². The standard InChI is InChI=1S/C20H25FN2O4S/c1-20(2,3)22-19(24)23(13-15-9-11-17(21)12-10-15)14-16-7-5-6-8-18(16)27-28(4,25)26/h5-12H,13-14H2,1-4H3,(H,22,24). The zero-order chi connectivity index (χ0) is 20.9. The van der Waals surface area contributed by atoms with Crippen molar-refractivity contribution in [1.29, 1.82) is 0 Å². The van der Waals surface area contributed by atoms with Gasteiger partial charge in [-0.1, -0.05) is 30.3 Å². The summed E-state index contributed by atoms with van der Waals surface area (Å²) in [4.78, 5) is 14.3. The number of carbonyl (C=O) groups excluding carboxylic acids is 1. The van der Waals surface area contributed by atoms with Crippen LogP contribution in [0.25, 0.3) is 0 Å². The molecule has 0 saturated heterocycles. The average Bonchev–Trinajstić information content (AvgIpc) is 2.55. The van der Waals surface area contributed by atoms with Crippen molar-refractivity contribution in [2.24, 2.45) is 0 Å². The topological polar surface area (TPSA) is 75.7 Å². The molecule has 0 spiro atoms. The minimum absolute atomic E-state index is 0.116. The number of carbonyl (C=O) groups is 1. The van der Waals surface area contributed by atoms with Gasteiger partial charge in [0.2, 0.25) is 0 Å². The van der Waals surface area contributed by atoms with Crippen molar-refractivity contribution < 1.29 is 21.8 Å². The first kappa shape index (κ1) is 21.7. The molecule has 0 radical (unpaired) electrons. The predicted octanol–water partition coefficient (Wildman–Crippen LogP) is 3.67. The molecule has 0 heterocycles. The van der Waals surface area contributed by atoms with Gasteiger partial charge in [-0.05, 0) is 44.5 Å². The number of hydrogen-bond donors (Lipinski definition) is 1. The Labute approximate surface area is 165 Å². The molecular weight excluding hydrogens is 383 g/mol. The number of nitrogens with one attached hydrogen (secondary N) is 1. The summed E-state index contributed by atoms with van der Waals surface area (Å²) in [5, 5.41) is 2.89. The molecule has 2 amide bonds. The van der Waals surface area contributed by atoms with Gasteiger partial charge >= 0.3 is 16.1 Å². The van der Waals surface area contributed by atoms with E-state index in [9.17, 15) is 17.6 Å². The Kier molecular flexibility index (Phi) is 6.66. The zero-order valence-corrected chi connectivity index (χ0v) is 17.2. The molecule has 8 heteroatoms. The third kappa shape index (κ3) is 7.19. The van der Waals surface area contributed by atoms with Gasteiger partial charge in [0.15, 0.2) is 0 Å². The quantitative estimate of drug-likeness (QED) is 0.740. The normalized spacial score (nSPS) is 11.8. The Morgan fingerprint density at radius 3 is 2.25 bits per heavy atom. The lowest BCUT2D eigenvalue weighted by Gasteiger charge is -2.29. The van der Waals surface area contributed by atoms with Crippen LogP contribution in [0.15, 0.2) is 48.5 Å². The van der Waals surface area contributed by atoms with Gasteiger partial charge in [0.1, 0.15) is 11.6 Å². The number of nitrogens with zero attached hydrogens (tertiary/aromatic N) is 1. The molecule has 6 nitrogen and oxygen atoms in total. The monoisotopic (exact) mass is 408 g/mol. The fraction of sp³-hybridized carbons (Fsp3) is 0.350. The van der Waals surface area contributed by atoms with E-state index in [2.05, 4.69) is 5.32 Å². The largest absolute Gasteiger partial charge is 0.382 e. The van der Waals surface area contributed by atoms with Crippen molar-refractivity contribution in [3.63, 3.8) is 0 Å². The third-order valence-corrected chi connectivity index (χ3v) is 4.11. The minimum Gasteiger partial charge on any atom is -0.382 e. The molecule has 2 aromatic rings. The van der Waals surface area contributed by atoms with Crippen molar-refractivity contribution >= 4 is 16.1 Å². The fourth-order valence-corrected chi connectivity index (χ4v) is 2.98. The van der Waals surface area contributed by atoms with Crippen LogP contribution in [0, 0.1) is 5.82 Å². The third-order valence-electron chi connectivity index (χ3n) is 3.63. The molecule has 0 fully saturated rings. The van der Waals surface area contributed by atoms with E-state index >= 15 is 0 Å². The van der Waals surface area contributed by atoms with Crippen molar-refractivity contribution in [3.8, 4) is 5.75 Å². The highest BCUT2D eigenvalue weighted by Crippen LogP contribution is 2.22. The van der Waals surface area contributed by atoms with Crippen LogP contribution in [0.4, 0.5) is 9.18 Å². The van der Waals surface area contributed by atoms with Crippen LogP contribution in [0.2, 0.25) is 0 Å². The van der Waals surface area contributed by atoms with Crippen LogP contribution in [-0.4, -0.2) is 31.1 Å². The highest BCUT2D eigenvalue weighted by atomic mass is 32.2. The van der Waals surface area contributed by atoms with Crippen molar-refractivity contribution in [2.75, 3.05) is 6.26 Å². The lowest BCUT2D eigenvalue weighted by molar-refractivity contribution is 0.183. The lowest BCUT2D eigenvalue weighted by Crippen LogP contribution is -2.48. The number of amides is 2. The summed E-state index contributed by atoms with van der Waals surface area (Å²) in [6.07, 6.45) is 0.965. The van der Waals surface area contributed by atoms with Crippen LogP contribution >= 0.6 is 0 Å². The summed E-state index contributed by atoms with van der Waals surface area (Å²) in [7, 11) is -3.71. The van der Waals surface area contributed by atoms with Gasteiger partial charge in [-0.2, -0.15) is 8.42 Å². The number of hydrogen-bond acceptors (Lipinski definition) is 4. The molecule has 2 rings (SSSR count). The van der Waals surface area contributed by atoms with Crippen LogP contribution in [0.3, 0.4) is 0 Å². The maximum absolute atomic E-state index is 13.2.